The normalized spacial score (nSPS) is 18.4. The summed E-state index contributed by atoms with van der Waals surface area (Å²) < 4.78 is 0. The molecule has 0 bridgehead atoms. The maximum atomic E-state index is 4.54. The van der Waals surface area contributed by atoms with E-state index in [1.165, 1.54) is 29.7 Å². The molecule has 0 radical (unpaired) electrons. The smallest absolute Gasteiger partial charge is 0.0467 e. The quantitative estimate of drug-likeness (QED) is 0.734. The van der Waals surface area contributed by atoms with Gasteiger partial charge in [-0.3, -0.25) is 4.98 Å². The van der Waals surface area contributed by atoms with Crippen LogP contribution in [-0.2, 0) is 0 Å². The van der Waals surface area contributed by atoms with Crippen LogP contribution in [-0.4, -0.2) is 18.1 Å². The Hall–Kier alpha value is -0.890. The fourth-order valence-electron chi connectivity index (χ4n) is 2.16. The van der Waals surface area contributed by atoms with E-state index in [-0.39, 0.29) is 0 Å². The van der Waals surface area contributed by atoms with Crippen LogP contribution in [0.4, 0.5) is 0 Å². The monoisotopic (exact) mass is 190 g/mol. The third kappa shape index (κ3) is 1.80. The van der Waals surface area contributed by atoms with Crippen LogP contribution in [0.2, 0.25) is 0 Å². The van der Waals surface area contributed by atoms with Crippen LogP contribution in [0.25, 0.3) is 0 Å². The zero-order valence-electron chi connectivity index (χ0n) is 9.01. The summed E-state index contributed by atoms with van der Waals surface area (Å²) in [7, 11) is 0. The van der Waals surface area contributed by atoms with Crippen molar-refractivity contribution in [2.45, 2.75) is 32.6 Å². The standard InChI is InChI=1S/C12H18N2/c1-9-3-8-14-12(10(9)2)11-4-6-13-7-5-11/h3,8,11,13H,4-7H2,1-2H3. The van der Waals surface area contributed by atoms with Crippen molar-refractivity contribution in [3.8, 4) is 0 Å². The van der Waals surface area contributed by atoms with Gasteiger partial charge in [0.15, 0.2) is 0 Å². The number of hydrogen-bond donors (Lipinski definition) is 1. The lowest BCUT2D eigenvalue weighted by Crippen LogP contribution is -2.27. The van der Waals surface area contributed by atoms with E-state index >= 15 is 0 Å². The third-order valence-corrected chi connectivity index (χ3v) is 3.24. The van der Waals surface area contributed by atoms with Crippen LogP contribution in [0.15, 0.2) is 12.3 Å². The van der Waals surface area contributed by atoms with Crippen LogP contribution < -0.4 is 5.32 Å². The van der Waals surface area contributed by atoms with E-state index in [0.29, 0.717) is 5.92 Å². The van der Waals surface area contributed by atoms with Gasteiger partial charge in [-0.1, -0.05) is 0 Å². The average Bonchev–Trinajstić information content (AvgIpc) is 2.23. The molecular weight excluding hydrogens is 172 g/mol. The molecule has 76 valence electrons. The molecule has 0 aromatic carbocycles. The van der Waals surface area contributed by atoms with Gasteiger partial charge in [-0.05, 0) is 57.0 Å². The number of hydrogen-bond acceptors (Lipinski definition) is 2. The second-order valence-corrected chi connectivity index (χ2v) is 4.16. The molecule has 2 nitrogen and oxygen atoms in total. The van der Waals surface area contributed by atoms with Crippen molar-refractivity contribution >= 4 is 0 Å². The molecule has 0 spiro atoms. The Bertz CT molecular complexity index is 314. The van der Waals surface area contributed by atoms with Crippen molar-refractivity contribution in [2.24, 2.45) is 0 Å². The molecule has 14 heavy (non-hydrogen) atoms. The van der Waals surface area contributed by atoms with Gasteiger partial charge >= 0.3 is 0 Å². The van der Waals surface area contributed by atoms with Crippen molar-refractivity contribution in [3.63, 3.8) is 0 Å². The summed E-state index contributed by atoms with van der Waals surface area (Å²) in [6.07, 6.45) is 4.41. The van der Waals surface area contributed by atoms with E-state index in [4.69, 9.17) is 0 Å². The van der Waals surface area contributed by atoms with Crippen LogP contribution in [0.1, 0.15) is 35.6 Å². The highest BCUT2D eigenvalue weighted by Gasteiger charge is 2.18. The van der Waals surface area contributed by atoms with Gasteiger partial charge in [0.25, 0.3) is 0 Å². The molecule has 0 amide bonds. The van der Waals surface area contributed by atoms with Crippen LogP contribution in [0.5, 0.6) is 0 Å². The minimum absolute atomic E-state index is 0.677. The zero-order chi connectivity index (χ0) is 9.97. The summed E-state index contributed by atoms with van der Waals surface area (Å²) in [5.41, 5.74) is 4.08. The molecule has 0 saturated carbocycles. The highest BCUT2D eigenvalue weighted by molar-refractivity contribution is 5.30. The molecule has 1 aliphatic heterocycles. The molecule has 1 aromatic heterocycles. The van der Waals surface area contributed by atoms with Crippen molar-refractivity contribution in [3.05, 3.63) is 29.1 Å². The molecule has 0 aliphatic carbocycles. The minimum atomic E-state index is 0.677. The Labute approximate surface area is 85.7 Å². The Morgan fingerprint density at radius 2 is 2.00 bits per heavy atom. The highest BCUT2D eigenvalue weighted by Crippen LogP contribution is 2.26. The van der Waals surface area contributed by atoms with Gasteiger partial charge in [0.1, 0.15) is 0 Å². The summed E-state index contributed by atoms with van der Waals surface area (Å²) in [5.74, 6) is 0.677. The summed E-state index contributed by atoms with van der Waals surface area (Å²) in [5, 5.41) is 3.39. The zero-order valence-corrected chi connectivity index (χ0v) is 9.01. The molecule has 1 fully saturated rings. The van der Waals surface area contributed by atoms with E-state index in [1.807, 2.05) is 6.20 Å². The first-order valence-corrected chi connectivity index (χ1v) is 5.42. The lowest BCUT2D eigenvalue weighted by molar-refractivity contribution is 0.451. The van der Waals surface area contributed by atoms with E-state index in [2.05, 4.69) is 30.2 Å². The molecule has 1 saturated heterocycles. The Balaban J connectivity index is 2.26. The van der Waals surface area contributed by atoms with E-state index in [1.54, 1.807) is 0 Å². The Morgan fingerprint density at radius 1 is 1.29 bits per heavy atom. The SMILES string of the molecule is Cc1ccnc(C2CCNCC2)c1C. The molecule has 0 atom stereocenters. The first-order valence-electron chi connectivity index (χ1n) is 5.42. The molecule has 2 heteroatoms. The summed E-state index contributed by atoms with van der Waals surface area (Å²) >= 11 is 0. The van der Waals surface area contributed by atoms with Crippen molar-refractivity contribution < 1.29 is 0 Å². The van der Waals surface area contributed by atoms with E-state index in [0.717, 1.165) is 13.1 Å². The lowest BCUT2D eigenvalue weighted by atomic mass is 9.90. The third-order valence-electron chi connectivity index (χ3n) is 3.24. The lowest BCUT2D eigenvalue weighted by Gasteiger charge is -2.23. The average molecular weight is 190 g/mol. The molecule has 1 aromatic rings. The maximum Gasteiger partial charge on any atom is 0.0467 e. The van der Waals surface area contributed by atoms with Crippen LogP contribution in [0, 0.1) is 13.8 Å². The van der Waals surface area contributed by atoms with Gasteiger partial charge in [0.05, 0.1) is 0 Å². The molecule has 0 unspecified atom stereocenters. The van der Waals surface area contributed by atoms with E-state index in [9.17, 15) is 0 Å². The second kappa shape index (κ2) is 4.09. The Kier molecular flexibility index (Phi) is 2.82. The maximum absolute atomic E-state index is 4.54. The Morgan fingerprint density at radius 3 is 2.71 bits per heavy atom. The number of rotatable bonds is 1. The van der Waals surface area contributed by atoms with Gasteiger partial charge < -0.3 is 5.32 Å². The fourth-order valence-corrected chi connectivity index (χ4v) is 2.16. The molecule has 1 N–H and O–H groups in total. The number of aromatic nitrogens is 1. The van der Waals surface area contributed by atoms with Crippen LogP contribution >= 0.6 is 0 Å². The van der Waals surface area contributed by atoms with Gasteiger partial charge in [-0.2, -0.15) is 0 Å². The summed E-state index contributed by atoms with van der Waals surface area (Å²) in [6.45, 7) is 6.64. The number of aryl methyl sites for hydroxylation is 1. The van der Waals surface area contributed by atoms with Crippen molar-refractivity contribution in [1.29, 1.82) is 0 Å². The largest absolute Gasteiger partial charge is 0.317 e. The van der Waals surface area contributed by atoms with Gasteiger partial charge in [0, 0.05) is 17.8 Å². The second-order valence-electron chi connectivity index (χ2n) is 4.16. The number of nitrogens with one attached hydrogen (secondary N) is 1. The summed E-state index contributed by atoms with van der Waals surface area (Å²) in [4.78, 5) is 4.54. The van der Waals surface area contributed by atoms with E-state index < -0.39 is 0 Å². The fraction of sp³-hybridized carbons (Fsp3) is 0.583. The molecular formula is C12H18N2. The minimum Gasteiger partial charge on any atom is -0.317 e. The van der Waals surface area contributed by atoms with Gasteiger partial charge in [0.2, 0.25) is 0 Å². The first-order chi connectivity index (χ1) is 6.79. The predicted molar refractivity (Wildman–Crippen MR) is 58.6 cm³/mol. The number of pyridine rings is 1. The molecule has 2 heterocycles. The molecule has 2 rings (SSSR count). The van der Waals surface area contributed by atoms with Gasteiger partial charge in [-0.15, -0.1) is 0 Å². The van der Waals surface area contributed by atoms with Gasteiger partial charge in [-0.25, -0.2) is 0 Å². The summed E-state index contributed by atoms with van der Waals surface area (Å²) in [6, 6.07) is 2.10. The van der Waals surface area contributed by atoms with Crippen LogP contribution in [0.3, 0.4) is 0 Å². The van der Waals surface area contributed by atoms with Crippen molar-refractivity contribution in [2.75, 3.05) is 13.1 Å². The number of nitrogens with zero attached hydrogens (tertiary/aromatic N) is 1. The number of piperidine rings is 1. The first kappa shape index (κ1) is 9.66. The highest BCUT2D eigenvalue weighted by atomic mass is 14.9. The molecule has 1 aliphatic rings. The van der Waals surface area contributed by atoms with Crippen molar-refractivity contribution in [1.82, 2.24) is 10.3 Å². The predicted octanol–water partition coefficient (Wildman–Crippen LogP) is 2.17. The topological polar surface area (TPSA) is 24.9 Å².